The summed E-state index contributed by atoms with van der Waals surface area (Å²) in [5, 5.41) is 3.60. The Morgan fingerprint density at radius 2 is 2.06 bits per heavy atom. The van der Waals surface area contributed by atoms with Crippen molar-refractivity contribution in [2.24, 2.45) is 0 Å². The number of anilines is 2. The summed E-state index contributed by atoms with van der Waals surface area (Å²) >= 11 is 1.31. The molecule has 7 heteroatoms. The van der Waals surface area contributed by atoms with E-state index in [4.69, 9.17) is 5.73 Å². The van der Waals surface area contributed by atoms with Crippen LogP contribution in [0.5, 0.6) is 0 Å². The second-order valence-electron chi connectivity index (χ2n) is 4.52. The minimum Gasteiger partial charge on any atom is -0.382 e. The van der Waals surface area contributed by atoms with Crippen LogP contribution in [0.3, 0.4) is 0 Å². The normalized spacial score (nSPS) is 10.7. The molecule has 0 atom stereocenters. The first kappa shape index (κ1) is 14.7. The molecule has 3 N–H and O–H groups in total. The molecule has 1 rings (SSSR count). The lowest BCUT2D eigenvalue weighted by Gasteiger charge is -2.09. The molecule has 0 unspecified atom stereocenters. The fourth-order valence-corrected chi connectivity index (χ4v) is 2.18. The standard InChI is InChI=1S/C11H21N5OS/c1-15(2)7-5-6-13-10(17)8-9(12)14-11(18-8)16(3)4/h5-7,12H2,1-4H3,(H,13,17). The molecule has 18 heavy (non-hydrogen) atoms. The summed E-state index contributed by atoms with van der Waals surface area (Å²) in [5.41, 5.74) is 5.74. The van der Waals surface area contributed by atoms with Crippen molar-refractivity contribution in [1.29, 1.82) is 0 Å². The van der Waals surface area contributed by atoms with Crippen molar-refractivity contribution in [3.8, 4) is 0 Å². The van der Waals surface area contributed by atoms with Crippen LogP contribution >= 0.6 is 11.3 Å². The highest BCUT2D eigenvalue weighted by Crippen LogP contribution is 2.26. The quantitative estimate of drug-likeness (QED) is 0.736. The van der Waals surface area contributed by atoms with Gasteiger partial charge in [0.15, 0.2) is 5.13 Å². The van der Waals surface area contributed by atoms with E-state index in [2.05, 4.69) is 15.2 Å². The number of carbonyl (C=O) groups excluding carboxylic acids is 1. The van der Waals surface area contributed by atoms with Crippen molar-refractivity contribution in [1.82, 2.24) is 15.2 Å². The topological polar surface area (TPSA) is 74.5 Å². The molecule has 0 aliphatic rings. The SMILES string of the molecule is CN(C)CCCNC(=O)c1sc(N(C)C)nc1N. The van der Waals surface area contributed by atoms with E-state index < -0.39 is 0 Å². The molecule has 0 bridgehead atoms. The maximum Gasteiger partial charge on any atom is 0.265 e. The summed E-state index contributed by atoms with van der Waals surface area (Å²) in [6, 6.07) is 0. The second kappa shape index (κ2) is 6.55. The number of amides is 1. The molecule has 1 heterocycles. The molecule has 102 valence electrons. The van der Waals surface area contributed by atoms with Gasteiger partial charge in [-0.2, -0.15) is 0 Å². The van der Waals surface area contributed by atoms with Gasteiger partial charge in [-0.05, 0) is 27.1 Å². The molecule has 0 fully saturated rings. The molecule has 1 aromatic heterocycles. The second-order valence-corrected chi connectivity index (χ2v) is 5.50. The molecule has 6 nitrogen and oxygen atoms in total. The third kappa shape index (κ3) is 4.15. The van der Waals surface area contributed by atoms with Gasteiger partial charge >= 0.3 is 0 Å². The lowest BCUT2D eigenvalue weighted by atomic mass is 10.4. The van der Waals surface area contributed by atoms with Crippen molar-refractivity contribution in [2.75, 3.05) is 51.9 Å². The number of nitrogens with zero attached hydrogens (tertiary/aromatic N) is 3. The first-order valence-corrected chi connectivity index (χ1v) is 6.60. The average molecular weight is 271 g/mol. The number of hydrogen-bond acceptors (Lipinski definition) is 6. The molecule has 0 aliphatic heterocycles. The number of nitrogen functional groups attached to an aromatic ring is 1. The third-order valence-electron chi connectivity index (χ3n) is 2.30. The van der Waals surface area contributed by atoms with Gasteiger partial charge in [-0.1, -0.05) is 11.3 Å². The molecular formula is C11H21N5OS. The van der Waals surface area contributed by atoms with Gasteiger partial charge in [0.05, 0.1) is 0 Å². The van der Waals surface area contributed by atoms with Crippen molar-refractivity contribution in [2.45, 2.75) is 6.42 Å². The van der Waals surface area contributed by atoms with Gasteiger partial charge in [-0.25, -0.2) is 4.98 Å². The fourth-order valence-electron chi connectivity index (χ4n) is 1.35. The maximum absolute atomic E-state index is 11.9. The lowest BCUT2D eigenvalue weighted by molar-refractivity contribution is 0.0957. The number of rotatable bonds is 6. The predicted octanol–water partition coefficient (Wildman–Crippen LogP) is 0.473. The molecular weight excluding hydrogens is 250 g/mol. The number of carbonyl (C=O) groups is 1. The minimum atomic E-state index is -0.142. The van der Waals surface area contributed by atoms with Crippen LogP contribution in [0.15, 0.2) is 0 Å². The van der Waals surface area contributed by atoms with E-state index in [0.717, 1.165) is 18.1 Å². The summed E-state index contributed by atoms with van der Waals surface area (Å²) in [5.74, 6) is 0.158. The Hall–Kier alpha value is -1.34. The molecule has 1 aromatic rings. The average Bonchev–Trinajstić information content (AvgIpc) is 2.66. The van der Waals surface area contributed by atoms with E-state index in [0.29, 0.717) is 17.2 Å². The van der Waals surface area contributed by atoms with Gasteiger partial charge in [0.1, 0.15) is 10.7 Å². The van der Waals surface area contributed by atoms with Crippen LogP contribution in [-0.2, 0) is 0 Å². The van der Waals surface area contributed by atoms with E-state index in [9.17, 15) is 4.79 Å². The highest BCUT2D eigenvalue weighted by molar-refractivity contribution is 7.18. The Kier molecular flexibility index (Phi) is 5.36. The number of nitrogens with two attached hydrogens (primary N) is 1. The fraction of sp³-hybridized carbons (Fsp3) is 0.636. The molecule has 0 saturated carbocycles. The molecule has 0 spiro atoms. The zero-order valence-electron chi connectivity index (χ0n) is 11.4. The van der Waals surface area contributed by atoms with Gasteiger partial charge in [0.2, 0.25) is 0 Å². The van der Waals surface area contributed by atoms with E-state index in [-0.39, 0.29) is 5.91 Å². The van der Waals surface area contributed by atoms with Gasteiger partial charge in [-0.15, -0.1) is 0 Å². The summed E-state index contributed by atoms with van der Waals surface area (Å²) in [7, 11) is 7.76. The van der Waals surface area contributed by atoms with Gasteiger partial charge < -0.3 is 20.9 Å². The molecule has 1 amide bonds. The lowest BCUT2D eigenvalue weighted by Crippen LogP contribution is -2.27. The van der Waals surface area contributed by atoms with Crippen molar-refractivity contribution >= 4 is 28.2 Å². The van der Waals surface area contributed by atoms with E-state index in [1.165, 1.54) is 11.3 Å². The Morgan fingerprint density at radius 1 is 1.39 bits per heavy atom. The summed E-state index contributed by atoms with van der Waals surface area (Å²) < 4.78 is 0. The van der Waals surface area contributed by atoms with Crippen LogP contribution in [0.4, 0.5) is 10.9 Å². The summed E-state index contributed by atoms with van der Waals surface area (Å²) in [6.45, 7) is 1.59. The molecule has 0 aliphatic carbocycles. The zero-order valence-corrected chi connectivity index (χ0v) is 12.2. The minimum absolute atomic E-state index is 0.142. The van der Waals surface area contributed by atoms with Crippen molar-refractivity contribution in [3.63, 3.8) is 0 Å². The largest absolute Gasteiger partial charge is 0.382 e. The van der Waals surface area contributed by atoms with Crippen LogP contribution in [0.25, 0.3) is 0 Å². The predicted molar refractivity (Wildman–Crippen MR) is 76.4 cm³/mol. The highest BCUT2D eigenvalue weighted by Gasteiger charge is 2.16. The van der Waals surface area contributed by atoms with E-state index in [1.54, 1.807) is 0 Å². The first-order valence-electron chi connectivity index (χ1n) is 5.78. The van der Waals surface area contributed by atoms with E-state index in [1.807, 2.05) is 33.1 Å². The summed E-state index contributed by atoms with van der Waals surface area (Å²) in [4.78, 5) is 20.4. The molecule has 0 radical (unpaired) electrons. The monoisotopic (exact) mass is 271 g/mol. The maximum atomic E-state index is 11.9. The van der Waals surface area contributed by atoms with E-state index >= 15 is 0 Å². The third-order valence-corrected chi connectivity index (χ3v) is 3.54. The van der Waals surface area contributed by atoms with Gasteiger partial charge in [-0.3, -0.25) is 4.79 Å². The Labute approximate surface area is 112 Å². The Bertz CT molecular complexity index is 402. The Balaban J connectivity index is 2.51. The van der Waals surface area contributed by atoms with Crippen LogP contribution in [0, 0.1) is 0 Å². The molecule has 0 saturated heterocycles. The number of thiazole rings is 1. The van der Waals surface area contributed by atoms with Crippen LogP contribution < -0.4 is 16.0 Å². The molecule has 0 aromatic carbocycles. The van der Waals surface area contributed by atoms with Crippen molar-refractivity contribution in [3.05, 3.63) is 4.88 Å². The number of hydrogen-bond donors (Lipinski definition) is 2. The van der Waals surface area contributed by atoms with Crippen LogP contribution in [0.1, 0.15) is 16.1 Å². The van der Waals surface area contributed by atoms with Gasteiger partial charge in [0.25, 0.3) is 5.91 Å². The first-order chi connectivity index (χ1) is 8.41. The summed E-state index contributed by atoms with van der Waals surface area (Å²) in [6.07, 6.45) is 0.915. The van der Waals surface area contributed by atoms with Crippen LogP contribution in [0.2, 0.25) is 0 Å². The van der Waals surface area contributed by atoms with Crippen molar-refractivity contribution < 1.29 is 4.79 Å². The number of nitrogens with one attached hydrogen (secondary N) is 1. The highest BCUT2D eigenvalue weighted by atomic mass is 32.1. The Morgan fingerprint density at radius 3 is 2.56 bits per heavy atom. The van der Waals surface area contributed by atoms with Gasteiger partial charge in [0, 0.05) is 20.6 Å². The number of aromatic nitrogens is 1. The smallest absolute Gasteiger partial charge is 0.265 e. The zero-order chi connectivity index (χ0) is 13.7. The van der Waals surface area contributed by atoms with Crippen LogP contribution in [-0.4, -0.2) is 57.1 Å².